The summed E-state index contributed by atoms with van der Waals surface area (Å²) in [6.07, 6.45) is 3.36. The lowest BCUT2D eigenvalue weighted by molar-refractivity contribution is -0.739. The fourth-order valence-electron chi connectivity index (χ4n) is 4.56. The van der Waals surface area contributed by atoms with Crippen molar-refractivity contribution in [3.05, 3.63) is 76.4 Å². The summed E-state index contributed by atoms with van der Waals surface area (Å²) in [6, 6.07) is 13.4. The minimum absolute atomic E-state index is 0.216. The van der Waals surface area contributed by atoms with Gasteiger partial charge in [-0.3, -0.25) is 0 Å². The lowest BCUT2D eigenvalue weighted by Gasteiger charge is -2.23. The van der Waals surface area contributed by atoms with E-state index in [0.29, 0.717) is 6.61 Å². The van der Waals surface area contributed by atoms with Crippen LogP contribution in [0.4, 0.5) is 0 Å². The van der Waals surface area contributed by atoms with Crippen LogP contribution < -0.4 is 4.57 Å². The van der Waals surface area contributed by atoms with E-state index in [2.05, 4.69) is 68.1 Å². The van der Waals surface area contributed by atoms with E-state index in [1.54, 1.807) is 0 Å². The Kier molecular flexibility index (Phi) is 3.13. The number of benzene rings is 2. The van der Waals surface area contributed by atoms with E-state index in [0.717, 1.165) is 12.2 Å². The van der Waals surface area contributed by atoms with Gasteiger partial charge in [-0.1, -0.05) is 46.6 Å². The third-order valence-electron chi connectivity index (χ3n) is 5.49. The predicted octanol–water partition coefficient (Wildman–Crippen LogP) is 3.13. The zero-order valence-electron chi connectivity index (χ0n) is 14.9. The average molecular weight is 332 g/mol. The van der Waals surface area contributed by atoms with Crippen molar-refractivity contribution in [1.29, 1.82) is 0 Å². The molecule has 0 spiro atoms. The van der Waals surface area contributed by atoms with Crippen molar-refractivity contribution in [2.45, 2.75) is 45.9 Å². The largest absolute Gasteiger partial charge is 0.363 e. The molecule has 1 unspecified atom stereocenters. The van der Waals surface area contributed by atoms with Crippen molar-refractivity contribution in [3.8, 4) is 5.69 Å². The molecule has 2 aromatic carbocycles. The number of hydrogen-bond donors (Lipinski definition) is 0. The molecule has 4 nitrogen and oxygen atoms in total. The summed E-state index contributed by atoms with van der Waals surface area (Å²) in [7, 11) is 0. The second-order valence-electron chi connectivity index (χ2n) is 7.33. The molecular formula is C21H22N3O+. The van der Waals surface area contributed by atoms with Crippen LogP contribution in [-0.4, -0.2) is 15.9 Å². The third kappa shape index (κ3) is 2.17. The van der Waals surface area contributed by atoms with Crippen LogP contribution in [0.15, 0.2) is 42.7 Å². The molecule has 2 atom stereocenters. The first-order chi connectivity index (χ1) is 12.1. The van der Waals surface area contributed by atoms with Crippen LogP contribution in [0.2, 0.25) is 0 Å². The fraction of sp³-hybridized carbons (Fsp3) is 0.333. The highest BCUT2D eigenvalue weighted by Crippen LogP contribution is 2.35. The second kappa shape index (κ2) is 5.27. The minimum Gasteiger partial charge on any atom is -0.363 e. The number of aryl methyl sites for hydroxylation is 3. The van der Waals surface area contributed by atoms with Gasteiger partial charge in [0.15, 0.2) is 0 Å². The molecule has 1 aliphatic heterocycles. The van der Waals surface area contributed by atoms with E-state index in [-0.39, 0.29) is 12.1 Å². The Labute approximate surface area is 147 Å². The molecule has 3 aromatic rings. The van der Waals surface area contributed by atoms with Crippen molar-refractivity contribution in [2.24, 2.45) is 0 Å². The molecule has 0 fully saturated rings. The Morgan fingerprint density at radius 2 is 1.88 bits per heavy atom. The summed E-state index contributed by atoms with van der Waals surface area (Å²) in [4.78, 5) is 0. The van der Waals surface area contributed by atoms with E-state index < -0.39 is 0 Å². The number of ether oxygens (including phenoxy) is 1. The average Bonchev–Trinajstić information content (AvgIpc) is 3.13. The lowest BCUT2D eigenvalue weighted by atomic mass is 10.1. The summed E-state index contributed by atoms with van der Waals surface area (Å²) in [5, 5.41) is 4.86. The van der Waals surface area contributed by atoms with Crippen LogP contribution in [0.25, 0.3) is 5.69 Å². The Morgan fingerprint density at radius 3 is 2.68 bits per heavy atom. The van der Waals surface area contributed by atoms with Crippen LogP contribution in [0.3, 0.4) is 0 Å². The van der Waals surface area contributed by atoms with Crippen LogP contribution >= 0.6 is 0 Å². The summed E-state index contributed by atoms with van der Waals surface area (Å²) in [5.74, 6) is 0.998. The normalized spacial score (nSPS) is 20.9. The SMILES string of the molecule is Cc1cc(C)c(-n2c[n+]3c(n2)CO[C@@H]2Cc4ccccc4C23)c(C)c1. The Hall–Kier alpha value is -2.46. The second-order valence-corrected chi connectivity index (χ2v) is 7.33. The monoisotopic (exact) mass is 332 g/mol. The summed E-state index contributed by atoms with van der Waals surface area (Å²) < 4.78 is 10.5. The molecule has 126 valence electrons. The quantitative estimate of drug-likeness (QED) is 0.641. The first-order valence-electron chi connectivity index (χ1n) is 8.89. The standard InChI is InChI=1S/C21H22N3O/c1-13-8-14(2)20(15(3)9-13)24-12-23-19(22-24)11-25-18-10-16-6-4-5-7-17(16)21(18)23/h4-9,12,18,21H,10-11H2,1-3H3/q+1/t18-,21?/m1/s1. The molecule has 0 radical (unpaired) electrons. The van der Waals surface area contributed by atoms with Gasteiger partial charge in [-0.05, 0) is 43.0 Å². The van der Waals surface area contributed by atoms with Crippen molar-refractivity contribution < 1.29 is 9.30 Å². The Morgan fingerprint density at radius 1 is 1.12 bits per heavy atom. The van der Waals surface area contributed by atoms with E-state index in [1.807, 2.05) is 4.68 Å². The van der Waals surface area contributed by atoms with Crippen molar-refractivity contribution in [3.63, 3.8) is 0 Å². The van der Waals surface area contributed by atoms with Gasteiger partial charge in [0.25, 0.3) is 0 Å². The highest BCUT2D eigenvalue weighted by Gasteiger charge is 2.43. The molecule has 5 rings (SSSR count). The van der Waals surface area contributed by atoms with Crippen molar-refractivity contribution >= 4 is 0 Å². The maximum Gasteiger partial charge on any atom is 0.304 e. The first kappa shape index (κ1) is 14.8. The molecule has 0 saturated heterocycles. The van der Waals surface area contributed by atoms with E-state index in [1.165, 1.54) is 33.5 Å². The van der Waals surface area contributed by atoms with Crippen LogP contribution in [0.1, 0.15) is 39.7 Å². The van der Waals surface area contributed by atoms with Crippen LogP contribution in [-0.2, 0) is 17.8 Å². The molecule has 0 bridgehead atoms. The van der Waals surface area contributed by atoms with Gasteiger partial charge < -0.3 is 4.74 Å². The van der Waals surface area contributed by atoms with Gasteiger partial charge >= 0.3 is 5.82 Å². The van der Waals surface area contributed by atoms with Gasteiger partial charge in [0.1, 0.15) is 24.4 Å². The Bertz CT molecular complexity index is 966. The molecule has 4 heteroatoms. The zero-order valence-corrected chi connectivity index (χ0v) is 14.9. The third-order valence-corrected chi connectivity index (χ3v) is 5.49. The minimum atomic E-state index is 0.216. The van der Waals surface area contributed by atoms with Crippen LogP contribution in [0, 0.1) is 20.8 Å². The topological polar surface area (TPSA) is 30.9 Å². The van der Waals surface area contributed by atoms with Crippen molar-refractivity contribution in [1.82, 2.24) is 9.78 Å². The molecule has 1 aromatic heterocycles. The molecule has 0 saturated carbocycles. The Balaban J connectivity index is 1.65. The summed E-state index contributed by atoms with van der Waals surface area (Å²) >= 11 is 0. The highest BCUT2D eigenvalue weighted by atomic mass is 16.5. The van der Waals surface area contributed by atoms with Gasteiger partial charge in [-0.2, -0.15) is 0 Å². The molecule has 2 heterocycles. The number of aromatic nitrogens is 3. The number of rotatable bonds is 1. The van der Waals surface area contributed by atoms with E-state index >= 15 is 0 Å². The highest BCUT2D eigenvalue weighted by molar-refractivity contribution is 5.48. The molecule has 1 aliphatic carbocycles. The molecule has 2 aliphatic rings. The van der Waals surface area contributed by atoms with E-state index in [4.69, 9.17) is 9.84 Å². The molecule has 0 N–H and O–H groups in total. The molecule has 0 amide bonds. The fourth-order valence-corrected chi connectivity index (χ4v) is 4.56. The maximum atomic E-state index is 6.14. The smallest absolute Gasteiger partial charge is 0.304 e. The number of hydrogen-bond acceptors (Lipinski definition) is 2. The number of fused-ring (bicyclic) bond motifs is 5. The maximum absolute atomic E-state index is 6.14. The zero-order chi connectivity index (χ0) is 17.1. The number of nitrogens with zero attached hydrogens (tertiary/aromatic N) is 3. The van der Waals surface area contributed by atoms with Gasteiger partial charge in [-0.15, -0.1) is 0 Å². The van der Waals surface area contributed by atoms with E-state index in [9.17, 15) is 0 Å². The lowest BCUT2D eigenvalue weighted by Crippen LogP contribution is -2.51. The summed E-state index contributed by atoms with van der Waals surface area (Å²) in [5.41, 5.74) is 7.74. The van der Waals surface area contributed by atoms with Gasteiger partial charge in [0, 0.05) is 11.5 Å². The summed E-state index contributed by atoms with van der Waals surface area (Å²) in [6.45, 7) is 7.03. The van der Waals surface area contributed by atoms with Crippen LogP contribution in [0.5, 0.6) is 0 Å². The van der Waals surface area contributed by atoms with Gasteiger partial charge in [0.2, 0.25) is 6.33 Å². The van der Waals surface area contributed by atoms with Gasteiger partial charge in [0.05, 0.1) is 0 Å². The predicted molar refractivity (Wildman–Crippen MR) is 94.8 cm³/mol. The molecular weight excluding hydrogens is 310 g/mol. The van der Waals surface area contributed by atoms with Gasteiger partial charge in [-0.25, -0.2) is 4.57 Å². The van der Waals surface area contributed by atoms with Crippen molar-refractivity contribution in [2.75, 3.05) is 0 Å². The molecule has 25 heavy (non-hydrogen) atoms. The first-order valence-corrected chi connectivity index (χ1v) is 8.89.